The van der Waals surface area contributed by atoms with E-state index in [4.69, 9.17) is 10.5 Å². The van der Waals surface area contributed by atoms with Gasteiger partial charge in [-0.25, -0.2) is 36.1 Å². The van der Waals surface area contributed by atoms with Crippen LogP contribution in [0.1, 0.15) is 28.8 Å². The van der Waals surface area contributed by atoms with Gasteiger partial charge in [0.05, 0.1) is 18.8 Å². The van der Waals surface area contributed by atoms with Gasteiger partial charge in [-0.15, -0.1) is 0 Å². The number of amides is 1. The lowest BCUT2D eigenvalue weighted by Gasteiger charge is -2.31. The highest BCUT2D eigenvalue weighted by molar-refractivity contribution is 7.89. The molecule has 0 bridgehead atoms. The second kappa shape index (κ2) is 11.7. The summed E-state index contributed by atoms with van der Waals surface area (Å²) in [6.07, 6.45) is -4.99. The smallest absolute Gasteiger partial charge is 0.404 e. The van der Waals surface area contributed by atoms with Gasteiger partial charge in [0.2, 0.25) is 15.9 Å². The highest BCUT2D eigenvalue weighted by atomic mass is 32.2. The zero-order chi connectivity index (χ0) is 32.0. The Kier molecular flexibility index (Phi) is 8.40. The Bertz CT molecular complexity index is 1660. The van der Waals surface area contributed by atoms with E-state index in [0.717, 1.165) is 0 Å². The first kappa shape index (κ1) is 31.7. The maximum Gasteiger partial charge on any atom is 0.404 e. The minimum Gasteiger partial charge on any atom is -0.480 e. The number of nitrogens with zero attached hydrogens (tertiary/aromatic N) is 6. The number of aromatic nitrogens is 4. The zero-order valence-electron chi connectivity index (χ0n) is 23.2. The van der Waals surface area contributed by atoms with Gasteiger partial charge in [-0.1, -0.05) is 0 Å². The van der Waals surface area contributed by atoms with Crippen molar-refractivity contribution in [2.24, 2.45) is 0 Å². The number of nitrogens with one attached hydrogen (secondary N) is 1. The van der Waals surface area contributed by atoms with Crippen LogP contribution >= 0.6 is 0 Å². The molecular formula is C25H28F6N8O4S. The summed E-state index contributed by atoms with van der Waals surface area (Å²) in [4.78, 5) is 23.3. The van der Waals surface area contributed by atoms with E-state index in [9.17, 15) is 39.6 Å². The first-order chi connectivity index (χ1) is 20.6. The molecule has 3 N–H and O–H groups in total. The Labute approximate surface area is 247 Å². The van der Waals surface area contributed by atoms with Crippen LogP contribution in [0.3, 0.4) is 0 Å². The molecule has 0 saturated carbocycles. The lowest BCUT2D eigenvalue weighted by Crippen LogP contribution is -2.42. The van der Waals surface area contributed by atoms with Crippen LogP contribution in [0.5, 0.6) is 5.88 Å². The molecule has 2 saturated heterocycles. The number of alkyl halides is 6. The quantitative estimate of drug-likeness (QED) is 0.351. The molecule has 240 valence electrons. The monoisotopic (exact) mass is 650 g/mol. The standard InChI is InChI=1S/C25H28F6N8O4S/c1-43-23-16(22(40)36-18-11-38(10-17(18)26)44(41,42)12-25(29,30)31)6-14(8-33-23)19-7-15(20-21(32)34-13-35-39(19)20)9-37-4-2-24(27,28)3-5-37/h6-8,13,17-18H,2-5,9-12H2,1H3,(H,36,40)(H2,32,34,35)/t17-,18+/m0/s1. The fourth-order valence-electron chi connectivity index (χ4n) is 5.31. The summed E-state index contributed by atoms with van der Waals surface area (Å²) in [6.45, 7) is -0.971. The second-order valence-electron chi connectivity index (χ2n) is 10.7. The van der Waals surface area contributed by atoms with Crippen LogP contribution in [-0.4, -0.2) is 106 Å². The van der Waals surface area contributed by atoms with Crippen molar-refractivity contribution in [1.82, 2.24) is 34.1 Å². The van der Waals surface area contributed by atoms with Crippen molar-refractivity contribution in [3.63, 3.8) is 0 Å². The molecule has 0 aromatic carbocycles. The van der Waals surface area contributed by atoms with Crippen LogP contribution in [0.15, 0.2) is 24.7 Å². The number of sulfonamides is 1. The molecule has 3 aromatic rings. The number of ether oxygens (including phenoxy) is 1. The number of methoxy groups -OCH3 is 1. The van der Waals surface area contributed by atoms with E-state index in [0.29, 0.717) is 26.6 Å². The van der Waals surface area contributed by atoms with E-state index < -0.39 is 59.1 Å². The Balaban J connectivity index is 1.41. The number of carbonyl (C=O) groups excluding carboxylic acids is 1. The third-order valence-electron chi connectivity index (χ3n) is 7.50. The number of nitrogen functional groups attached to an aromatic ring is 1. The molecule has 5 heterocycles. The third-order valence-corrected chi connectivity index (χ3v) is 9.28. The van der Waals surface area contributed by atoms with Crippen LogP contribution < -0.4 is 15.8 Å². The van der Waals surface area contributed by atoms with Crippen molar-refractivity contribution in [2.75, 3.05) is 44.8 Å². The fraction of sp³-hybridized carbons (Fsp3) is 0.520. The van der Waals surface area contributed by atoms with E-state index in [1.54, 1.807) is 6.07 Å². The molecule has 2 fully saturated rings. The number of anilines is 1. The molecule has 2 aliphatic heterocycles. The van der Waals surface area contributed by atoms with Crippen molar-refractivity contribution >= 4 is 27.3 Å². The SMILES string of the molecule is COc1ncc(-c2cc(CN3CCC(F)(F)CC3)c3c(N)ncnn23)cc1C(=O)N[C@@H]1CN(S(=O)(=O)CC(F)(F)F)C[C@@H]1F. The molecule has 2 aliphatic rings. The second-order valence-corrected chi connectivity index (χ2v) is 12.6. The average Bonchev–Trinajstić information content (AvgIpc) is 3.49. The number of hydrogen-bond acceptors (Lipinski definition) is 9. The number of pyridine rings is 1. The largest absolute Gasteiger partial charge is 0.480 e. The highest BCUT2D eigenvalue weighted by Crippen LogP contribution is 2.33. The summed E-state index contributed by atoms with van der Waals surface area (Å²) in [5, 5.41) is 6.59. The van der Waals surface area contributed by atoms with Gasteiger partial charge in [-0.3, -0.25) is 9.69 Å². The minimum absolute atomic E-state index is 0.128. The number of likely N-dealkylation sites (tertiary alicyclic amines) is 1. The molecule has 19 heteroatoms. The van der Waals surface area contributed by atoms with Gasteiger partial charge in [0.25, 0.3) is 11.8 Å². The molecule has 1 amide bonds. The molecule has 0 aliphatic carbocycles. The van der Waals surface area contributed by atoms with Gasteiger partial charge in [0.15, 0.2) is 11.6 Å². The van der Waals surface area contributed by atoms with E-state index in [2.05, 4.69) is 20.4 Å². The van der Waals surface area contributed by atoms with Crippen molar-refractivity contribution in [3.05, 3.63) is 35.8 Å². The van der Waals surface area contributed by atoms with Gasteiger partial charge in [-0.05, 0) is 17.7 Å². The lowest BCUT2D eigenvalue weighted by molar-refractivity contribution is -0.107. The molecular weight excluding hydrogens is 622 g/mol. The Morgan fingerprint density at radius 3 is 2.55 bits per heavy atom. The van der Waals surface area contributed by atoms with Crippen molar-refractivity contribution < 1.29 is 44.3 Å². The topological polar surface area (TPSA) is 148 Å². The predicted molar refractivity (Wildman–Crippen MR) is 144 cm³/mol. The maximum atomic E-state index is 14.7. The van der Waals surface area contributed by atoms with E-state index in [-0.39, 0.29) is 49.7 Å². The number of hydrogen-bond donors (Lipinski definition) is 2. The molecule has 2 atom stereocenters. The Hall–Kier alpha value is -3.71. The Morgan fingerprint density at radius 2 is 1.89 bits per heavy atom. The van der Waals surface area contributed by atoms with Crippen molar-refractivity contribution in [2.45, 2.75) is 43.7 Å². The summed E-state index contributed by atoms with van der Waals surface area (Å²) in [7, 11) is -3.63. The summed E-state index contributed by atoms with van der Waals surface area (Å²) in [5.74, 6) is -5.83. The molecule has 44 heavy (non-hydrogen) atoms. The highest BCUT2D eigenvalue weighted by Gasteiger charge is 2.45. The van der Waals surface area contributed by atoms with Gasteiger partial charge < -0.3 is 15.8 Å². The van der Waals surface area contributed by atoms with E-state index in [1.165, 1.54) is 30.2 Å². The van der Waals surface area contributed by atoms with Crippen molar-refractivity contribution in [1.29, 1.82) is 0 Å². The summed E-state index contributed by atoms with van der Waals surface area (Å²) < 4.78 is 112. The van der Waals surface area contributed by atoms with Gasteiger partial charge in [-0.2, -0.15) is 22.6 Å². The first-order valence-electron chi connectivity index (χ1n) is 13.3. The number of nitrogens with two attached hydrogens (primary N) is 1. The first-order valence-corrected chi connectivity index (χ1v) is 14.9. The number of rotatable bonds is 8. The third kappa shape index (κ3) is 6.68. The van der Waals surface area contributed by atoms with Gasteiger partial charge >= 0.3 is 6.18 Å². The van der Waals surface area contributed by atoms with Crippen LogP contribution in [0, 0.1) is 0 Å². The zero-order valence-corrected chi connectivity index (χ0v) is 24.0. The van der Waals surface area contributed by atoms with E-state index >= 15 is 0 Å². The van der Waals surface area contributed by atoms with Gasteiger partial charge in [0.1, 0.15) is 23.6 Å². The normalized spacial score (nSPS) is 21.5. The molecule has 12 nitrogen and oxygen atoms in total. The maximum absolute atomic E-state index is 14.7. The number of carbonyl (C=O) groups is 1. The fourth-order valence-corrected chi connectivity index (χ4v) is 6.66. The average molecular weight is 651 g/mol. The Morgan fingerprint density at radius 1 is 1.18 bits per heavy atom. The lowest BCUT2D eigenvalue weighted by atomic mass is 10.1. The predicted octanol–water partition coefficient (Wildman–Crippen LogP) is 2.26. The molecule has 0 radical (unpaired) electrons. The minimum atomic E-state index is -5.02. The molecule has 0 unspecified atom stereocenters. The molecule has 5 rings (SSSR count). The summed E-state index contributed by atoms with van der Waals surface area (Å²) >= 11 is 0. The van der Waals surface area contributed by atoms with Crippen LogP contribution in [0.4, 0.5) is 32.2 Å². The summed E-state index contributed by atoms with van der Waals surface area (Å²) in [5.41, 5.74) is 7.77. The molecule has 0 spiro atoms. The number of fused-ring (bicyclic) bond motifs is 1. The number of halogens is 6. The number of piperidine rings is 1. The van der Waals surface area contributed by atoms with Crippen LogP contribution in [-0.2, 0) is 16.6 Å². The van der Waals surface area contributed by atoms with E-state index in [1.807, 2.05) is 4.90 Å². The summed E-state index contributed by atoms with van der Waals surface area (Å²) in [6, 6.07) is 1.63. The van der Waals surface area contributed by atoms with Crippen LogP contribution in [0.2, 0.25) is 0 Å². The van der Waals surface area contributed by atoms with Crippen molar-refractivity contribution in [3.8, 4) is 17.1 Å². The van der Waals surface area contributed by atoms with Crippen LogP contribution in [0.25, 0.3) is 16.8 Å². The van der Waals surface area contributed by atoms with Gasteiger partial charge in [0, 0.05) is 57.3 Å². The molecule has 3 aromatic heterocycles.